The van der Waals surface area contributed by atoms with Crippen LogP contribution in [0.1, 0.15) is 0 Å². The van der Waals surface area contributed by atoms with Crippen LogP contribution in [-0.2, 0) is 11.3 Å². The summed E-state index contributed by atoms with van der Waals surface area (Å²) >= 11 is 0.657. The van der Waals surface area contributed by atoms with E-state index in [4.69, 9.17) is 5.11 Å². The number of nitrogens with zero attached hydrogens (tertiary/aromatic N) is 2. The first-order chi connectivity index (χ1) is 9.26. The van der Waals surface area contributed by atoms with E-state index in [1.54, 1.807) is 0 Å². The highest BCUT2D eigenvalue weighted by Crippen LogP contribution is 2.28. The number of imidazole rings is 1. The Morgan fingerprint density at radius 2 is 2.10 bits per heavy atom. The number of halogens is 4. The van der Waals surface area contributed by atoms with E-state index < -0.39 is 30.3 Å². The molecule has 0 fully saturated rings. The summed E-state index contributed by atoms with van der Waals surface area (Å²) in [6.45, 7) is -1.35. The van der Waals surface area contributed by atoms with Gasteiger partial charge >= 0.3 is 12.1 Å². The number of fused-ring (bicyclic) bond motifs is 1. The van der Waals surface area contributed by atoms with Crippen molar-refractivity contribution in [2.75, 3.05) is 5.75 Å². The number of aromatic nitrogens is 2. The molecule has 20 heavy (non-hydrogen) atoms. The molecule has 0 unspecified atom stereocenters. The van der Waals surface area contributed by atoms with Crippen LogP contribution in [0, 0.1) is 5.82 Å². The third kappa shape index (κ3) is 3.41. The fourth-order valence-electron chi connectivity index (χ4n) is 1.64. The van der Waals surface area contributed by atoms with E-state index in [0.717, 1.165) is 16.7 Å². The Labute approximate surface area is 114 Å². The summed E-state index contributed by atoms with van der Waals surface area (Å²) in [5.74, 6) is -2.29. The second-order valence-corrected chi connectivity index (χ2v) is 4.85. The van der Waals surface area contributed by atoms with Gasteiger partial charge in [0.1, 0.15) is 12.4 Å². The third-order valence-electron chi connectivity index (χ3n) is 2.34. The van der Waals surface area contributed by atoms with Gasteiger partial charge in [0.05, 0.1) is 16.8 Å². The number of alkyl halides is 3. The Morgan fingerprint density at radius 1 is 1.40 bits per heavy atom. The summed E-state index contributed by atoms with van der Waals surface area (Å²) in [6.07, 6.45) is -4.52. The molecule has 0 bridgehead atoms. The number of carboxylic acid groups (broad SMARTS) is 1. The topological polar surface area (TPSA) is 55.1 Å². The molecule has 0 saturated carbocycles. The van der Waals surface area contributed by atoms with E-state index in [0.29, 0.717) is 11.8 Å². The summed E-state index contributed by atoms with van der Waals surface area (Å²) in [7, 11) is 0. The molecule has 0 atom stereocenters. The maximum atomic E-state index is 13.1. The van der Waals surface area contributed by atoms with Gasteiger partial charge in [0.2, 0.25) is 0 Å². The van der Waals surface area contributed by atoms with Crippen LogP contribution >= 0.6 is 11.8 Å². The minimum atomic E-state index is -4.52. The zero-order valence-corrected chi connectivity index (χ0v) is 10.6. The van der Waals surface area contributed by atoms with Crippen LogP contribution in [0.3, 0.4) is 0 Å². The average Bonchev–Trinajstić information content (AvgIpc) is 2.63. The first-order valence-corrected chi connectivity index (χ1v) is 6.32. The van der Waals surface area contributed by atoms with Crippen molar-refractivity contribution in [1.29, 1.82) is 0 Å². The van der Waals surface area contributed by atoms with E-state index >= 15 is 0 Å². The highest BCUT2D eigenvalue weighted by molar-refractivity contribution is 7.99. The number of benzene rings is 1. The minimum Gasteiger partial charge on any atom is -0.481 e. The largest absolute Gasteiger partial charge is 0.481 e. The lowest BCUT2D eigenvalue weighted by molar-refractivity contribution is -0.141. The second-order valence-electron chi connectivity index (χ2n) is 3.91. The van der Waals surface area contributed by atoms with Gasteiger partial charge < -0.3 is 9.67 Å². The van der Waals surface area contributed by atoms with Crippen LogP contribution in [-0.4, -0.2) is 32.6 Å². The van der Waals surface area contributed by atoms with Gasteiger partial charge in [-0.15, -0.1) is 0 Å². The molecule has 0 amide bonds. The zero-order valence-electron chi connectivity index (χ0n) is 9.82. The minimum absolute atomic E-state index is 0.0183. The number of rotatable bonds is 4. The third-order valence-corrected chi connectivity index (χ3v) is 3.30. The fourth-order valence-corrected chi connectivity index (χ4v) is 2.38. The maximum absolute atomic E-state index is 13.1. The molecule has 1 heterocycles. The Kier molecular flexibility index (Phi) is 3.89. The van der Waals surface area contributed by atoms with Crippen LogP contribution in [0.5, 0.6) is 0 Å². The van der Waals surface area contributed by atoms with E-state index in [1.807, 2.05) is 0 Å². The van der Waals surface area contributed by atoms with Crippen molar-refractivity contribution < 1.29 is 27.5 Å². The SMILES string of the molecule is O=C(O)CSc1nc2ccc(F)cc2n1CC(F)(F)F. The molecule has 4 nitrogen and oxygen atoms in total. The zero-order chi connectivity index (χ0) is 14.9. The lowest BCUT2D eigenvalue weighted by Crippen LogP contribution is -2.18. The summed E-state index contributed by atoms with van der Waals surface area (Å²) in [5, 5.41) is 8.47. The molecule has 0 radical (unpaired) electrons. The summed E-state index contributed by atoms with van der Waals surface area (Å²) in [6, 6.07) is 3.28. The van der Waals surface area contributed by atoms with E-state index in [-0.39, 0.29) is 16.2 Å². The molecule has 2 aromatic rings. The fraction of sp³-hybridized carbons (Fsp3) is 0.273. The van der Waals surface area contributed by atoms with Gasteiger partial charge in [-0.1, -0.05) is 11.8 Å². The molecule has 9 heteroatoms. The lowest BCUT2D eigenvalue weighted by atomic mass is 10.3. The molecule has 0 saturated heterocycles. The summed E-state index contributed by atoms with van der Waals surface area (Å²) in [4.78, 5) is 14.4. The lowest BCUT2D eigenvalue weighted by Gasteiger charge is -2.11. The van der Waals surface area contributed by atoms with Crippen LogP contribution < -0.4 is 0 Å². The van der Waals surface area contributed by atoms with Crippen molar-refractivity contribution in [3.8, 4) is 0 Å². The van der Waals surface area contributed by atoms with Crippen molar-refractivity contribution in [2.45, 2.75) is 17.9 Å². The summed E-state index contributed by atoms with van der Waals surface area (Å²) < 4.78 is 51.6. The van der Waals surface area contributed by atoms with Crippen LogP contribution in [0.2, 0.25) is 0 Å². The molecule has 0 aliphatic carbocycles. The first kappa shape index (κ1) is 14.6. The van der Waals surface area contributed by atoms with Gasteiger partial charge in [0, 0.05) is 0 Å². The van der Waals surface area contributed by atoms with Gasteiger partial charge in [-0.2, -0.15) is 13.2 Å². The normalized spacial score (nSPS) is 12.0. The number of thioether (sulfide) groups is 1. The quantitative estimate of drug-likeness (QED) is 0.697. The molecule has 1 aromatic carbocycles. The van der Waals surface area contributed by atoms with E-state index in [9.17, 15) is 22.4 Å². The molecular weight excluding hydrogens is 300 g/mol. The second kappa shape index (κ2) is 5.31. The van der Waals surface area contributed by atoms with Crippen LogP contribution in [0.25, 0.3) is 11.0 Å². The van der Waals surface area contributed by atoms with Gasteiger partial charge in [0.25, 0.3) is 0 Å². The molecule has 1 aromatic heterocycles. The molecule has 0 aliphatic rings. The number of hydrogen-bond acceptors (Lipinski definition) is 3. The number of carboxylic acids is 1. The van der Waals surface area contributed by atoms with Gasteiger partial charge in [-0.05, 0) is 18.2 Å². The van der Waals surface area contributed by atoms with Gasteiger partial charge in [-0.25, -0.2) is 9.37 Å². The summed E-state index contributed by atoms with van der Waals surface area (Å²) in [5.41, 5.74) is 0.166. The van der Waals surface area contributed by atoms with Crippen molar-refractivity contribution in [3.05, 3.63) is 24.0 Å². The Bertz CT molecular complexity index is 654. The molecule has 108 valence electrons. The van der Waals surface area contributed by atoms with Gasteiger partial charge in [0.15, 0.2) is 5.16 Å². The Hall–Kier alpha value is -1.77. The predicted octanol–water partition coefficient (Wildman–Crippen LogP) is 2.91. The molecule has 0 aliphatic heterocycles. The predicted molar refractivity (Wildman–Crippen MR) is 64.1 cm³/mol. The number of hydrogen-bond donors (Lipinski definition) is 1. The van der Waals surface area contributed by atoms with Crippen molar-refractivity contribution in [1.82, 2.24) is 9.55 Å². The molecule has 2 rings (SSSR count). The van der Waals surface area contributed by atoms with Crippen molar-refractivity contribution in [2.24, 2.45) is 0 Å². The van der Waals surface area contributed by atoms with Crippen molar-refractivity contribution in [3.63, 3.8) is 0 Å². The van der Waals surface area contributed by atoms with E-state index in [2.05, 4.69) is 4.98 Å². The standard InChI is InChI=1S/C11H8F4N2O2S/c12-6-1-2-7-8(3-6)17(5-11(13,14)15)10(16-7)20-4-9(18)19/h1-3H,4-5H2,(H,18,19). The van der Waals surface area contributed by atoms with Crippen LogP contribution in [0.4, 0.5) is 17.6 Å². The number of carbonyl (C=O) groups is 1. The highest BCUT2D eigenvalue weighted by Gasteiger charge is 2.30. The smallest absolute Gasteiger partial charge is 0.406 e. The van der Waals surface area contributed by atoms with E-state index in [1.165, 1.54) is 6.07 Å². The molecule has 1 N–H and O–H groups in total. The highest BCUT2D eigenvalue weighted by atomic mass is 32.2. The van der Waals surface area contributed by atoms with Crippen molar-refractivity contribution >= 4 is 28.8 Å². The monoisotopic (exact) mass is 308 g/mol. The molecular formula is C11H8F4N2O2S. The van der Waals surface area contributed by atoms with Gasteiger partial charge in [-0.3, -0.25) is 4.79 Å². The van der Waals surface area contributed by atoms with Crippen LogP contribution in [0.15, 0.2) is 23.4 Å². The average molecular weight is 308 g/mol. The number of aliphatic carboxylic acids is 1. The maximum Gasteiger partial charge on any atom is 0.406 e. The first-order valence-electron chi connectivity index (χ1n) is 5.33. The Morgan fingerprint density at radius 3 is 2.70 bits per heavy atom. The Balaban J connectivity index is 2.48. The molecule has 0 spiro atoms.